The zero-order valence-electron chi connectivity index (χ0n) is 15.4. The van der Waals surface area contributed by atoms with Gasteiger partial charge in [0.05, 0.1) is 10.6 Å². The molecule has 0 radical (unpaired) electrons. The van der Waals surface area contributed by atoms with Crippen LogP contribution in [0.2, 0.25) is 0 Å². The van der Waals surface area contributed by atoms with E-state index in [2.05, 4.69) is 15.5 Å². The third kappa shape index (κ3) is 5.44. The predicted octanol–water partition coefficient (Wildman–Crippen LogP) is 3.20. The first-order valence-electron chi connectivity index (χ1n) is 8.59. The summed E-state index contributed by atoms with van der Waals surface area (Å²) in [5.41, 5.74) is 0.660. The van der Waals surface area contributed by atoms with Gasteiger partial charge in [-0.05, 0) is 31.2 Å². The lowest BCUT2D eigenvalue weighted by Gasteiger charge is -2.05. The van der Waals surface area contributed by atoms with Crippen molar-refractivity contribution in [3.8, 4) is 0 Å². The van der Waals surface area contributed by atoms with E-state index in [9.17, 15) is 22.0 Å². The average molecular weight is 421 g/mol. The summed E-state index contributed by atoms with van der Waals surface area (Å²) in [7, 11) is -3.64. The van der Waals surface area contributed by atoms with Crippen molar-refractivity contribution in [3.05, 3.63) is 71.4 Å². The van der Waals surface area contributed by atoms with Gasteiger partial charge in [0.25, 0.3) is 0 Å². The van der Waals surface area contributed by atoms with Crippen molar-refractivity contribution < 1.29 is 26.5 Å². The number of rotatable bonds is 7. The first-order valence-corrected chi connectivity index (χ1v) is 10.2. The molecular weight excluding hydrogens is 404 g/mol. The Hall–Kier alpha value is -3.14. The van der Waals surface area contributed by atoms with Crippen LogP contribution in [-0.2, 0) is 26.8 Å². The molecule has 1 aromatic heterocycles. The number of sulfone groups is 1. The molecule has 29 heavy (non-hydrogen) atoms. The molecule has 0 atom stereocenters. The van der Waals surface area contributed by atoms with Crippen LogP contribution in [0.4, 0.5) is 14.5 Å². The second-order valence-corrected chi connectivity index (χ2v) is 8.34. The summed E-state index contributed by atoms with van der Waals surface area (Å²) in [6.45, 7) is 1.85. The van der Waals surface area contributed by atoms with Gasteiger partial charge < -0.3 is 9.84 Å². The van der Waals surface area contributed by atoms with Crippen LogP contribution in [-0.4, -0.2) is 24.5 Å². The van der Waals surface area contributed by atoms with E-state index in [1.165, 1.54) is 12.1 Å². The number of hydrogen-bond acceptors (Lipinski definition) is 6. The quantitative estimate of drug-likeness (QED) is 0.629. The zero-order valence-corrected chi connectivity index (χ0v) is 16.2. The van der Waals surface area contributed by atoms with Crippen molar-refractivity contribution in [2.75, 3.05) is 5.32 Å². The molecule has 0 unspecified atom stereocenters. The van der Waals surface area contributed by atoms with Gasteiger partial charge in [-0.3, -0.25) is 4.79 Å². The molecule has 0 fully saturated rings. The van der Waals surface area contributed by atoms with E-state index < -0.39 is 33.1 Å². The minimum atomic E-state index is -3.64. The molecule has 0 aliphatic rings. The van der Waals surface area contributed by atoms with Gasteiger partial charge in [-0.15, -0.1) is 0 Å². The lowest BCUT2D eigenvalue weighted by atomic mass is 10.2. The molecule has 0 saturated heterocycles. The largest absolute Gasteiger partial charge is 0.339 e. The topological polar surface area (TPSA) is 102 Å². The van der Waals surface area contributed by atoms with Crippen LogP contribution in [0.15, 0.2) is 51.9 Å². The summed E-state index contributed by atoms with van der Waals surface area (Å²) in [4.78, 5) is 16.0. The van der Waals surface area contributed by atoms with Gasteiger partial charge in [0, 0.05) is 18.9 Å². The molecule has 10 heteroatoms. The Balaban J connectivity index is 1.58. The van der Waals surface area contributed by atoms with Crippen LogP contribution in [0.3, 0.4) is 0 Å². The fourth-order valence-electron chi connectivity index (χ4n) is 2.48. The second kappa shape index (κ2) is 8.48. The third-order valence-corrected chi connectivity index (χ3v) is 5.61. The first-order chi connectivity index (χ1) is 13.7. The van der Waals surface area contributed by atoms with Crippen LogP contribution in [0, 0.1) is 18.6 Å². The number of benzene rings is 2. The Morgan fingerprint density at radius 1 is 1.14 bits per heavy atom. The van der Waals surface area contributed by atoms with Crippen molar-refractivity contribution >= 4 is 21.4 Å². The normalized spacial score (nSPS) is 11.4. The van der Waals surface area contributed by atoms with Gasteiger partial charge in [-0.25, -0.2) is 17.2 Å². The molecule has 152 valence electrons. The van der Waals surface area contributed by atoms with Crippen molar-refractivity contribution in [1.82, 2.24) is 10.1 Å². The minimum Gasteiger partial charge on any atom is -0.339 e. The molecule has 3 rings (SSSR count). The zero-order chi connectivity index (χ0) is 21.0. The average Bonchev–Trinajstić information content (AvgIpc) is 3.10. The Bertz CT molecular complexity index is 1130. The van der Waals surface area contributed by atoms with Crippen LogP contribution < -0.4 is 5.32 Å². The molecule has 1 N–H and O–H groups in total. The smallest absolute Gasteiger partial charge is 0.227 e. The molecule has 0 aliphatic carbocycles. The highest BCUT2D eigenvalue weighted by Crippen LogP contribution is 2.17. The fraction of sp³-hybridized carbons (Fsp3) is 0.211. The molecule has 1 heterocycles. The number of carbonyl (C=O) groups is 1. The lowest BCUT2D eigenvalue weighted by Crippen LogP contribution is -2.13. The van der Waals surface area contributed by atoms with E-state index in [0.29, 0.717) is 0 Å². The molecule has 7 nitrogen and oxygen atoms in total. The summed E-state index contributed by atoms with van der Waals surface area (Å²) in [5.74, 6) is -2.44. The van der Waals surface area contributed by atoms with Crippen LogP contribution in [0.1, 0.15) is 23.7 Å². The van der Waals surface area contributed by atoms with Gasteiger partial charge in [-0.2, -0.15) is 4.98 Å². The van der Waals surface area contributed by atoms with Crippen LogP contribution in [0.25, 0.3) is 0 Å². The van der Waals surface area contributed by atoms with Gasteiger partial charge >= 0.3 is 0 Å². The van der Waals surface area contributed by atoms with Crippen molar-refractivity contribution in [2.45, 2.75) is 30.4 Å². The van der Waals surface area contributed by atoms with E-state index in [0.717, 1.165) is 23.8 Å². The minimum absolute atomic E-state index is 0.0142. The molecule has 0 spiro atoms. The summed E-state index contributed by atoms with van der Waals surface area (Å²) >= 11 is 0. The molecular formula is C19H17F2N3O4S. The number of halogens is 2. The Kier molecular flexibility index (Phi) is 6.02. The number of nitrogens with one attached hydrogen (secondary N) is 1. The maximum absolute atomic E-state index is 13.5. The molecule has 2 aromatic carbocycles. The highest BCUT2D eigenvalue weighted by Gasteiger charge is 2.19. The van der Waals surface area contributed by atoms with Crippen LogP contribution >= 0.6 is 0 Å². The molecule has 0 bridgehead atoms. The number of carbonyl (C=O) groups excluding carboxylic acids is 1. The highest BCUT2D eigenvalue weighted by atomic mass is 32.2. The van der Waals surface area contributed by atoms with Crippen molar-refractivity contribution in [2.24, 2.45) is 0 Å². The lowest BCUT2D eigenvalue weighted by molar-refractivity contribution is -0.116. The summed E-state index contributed by atoms with van der Waals surface area (Å²) in [5, 5.41) is 5.88. The highest BCUT2D eigenvalue weighted by molar-refractivity contribution is 7.90. The number of aryl methyl sites for hydroxylation is 2. The van der Waals surface area contributed by atoms with Gasteiger partial charge in [-0.1, -0.05) is 22.9 Å². The molecule has 0 aliphatic heterocycles. The maximum Gasteiger partial charge on any atom is 0.227 e. The Morgan fingerprint density at radius 3 is 2.59 bits per heavy atom. The predicted molar refractivity (Wildman–Crippen MR) is 99.7 cm³/mol. The van der Waals surface area contributed by atoms with E-state index in [1.807, 2.05) is 6.92 Å². The first kappa shape index (κ1) is 20.6. The maximum atomic E-state index is 13.5. The number of hydrogen-bond donors (Lipinski definition) is 1. The summed E-state index contributed by atoms with van der Waals surface area (Å²) < 4.78 is 56.4. The van der Waals surface area contributed by atoms with E-state index in [-0.39, 0.29) is 35.1 Å². The number of anilines is 1. The molecule has 0 saturated carbocycles. The van der Waals surface area contributed by atoms with Gasteiger partial charge in [0.15, 0.2) is 15.7 Å². The number of aromatic nitrogens is 2. The Labute approximate surface area is 165 Å². The second-order valence-electron chi connectivity index (χ2n) is 6.35. The molecule has 3 aromatic rings. The third-order valence-electron chi connectivity index (χ3n) is 3.98. The van der Waals surface area contributed by atoms with E-state index in [1.54, 1.807) is 12.1 Å². The van der Waals surface area contributed by atoms with Crippen molar-refractivity contribution in [3.63, 3.8) is 0 Å². The summed E-state index contributed by atoms with van der Waals surface area (Å²) in [6, 6.07) is 9.10. The molecule has 1 amide bonds. The van der Waals surface area contributed by atoms with Crippen LogP contribution in [0.5, 0.6) is 0 Å². The summed E-state index contributed by atoms with van der Waals surface area (Å²) in [6.07, 6.45) is -0.122. The number of amides is 1. The Morgan fingerprint density at radius 2 is 1.86 bits per heavy atom. The fourth-order valence-corrected chi connectivity index (χ4v) is 3.65. The van der Waals surface area contributed by atoms with Crippen molar-refractivity contribution in [1.29, 1.82) is 0 Å². The number of nitrogens with zero attached hydrogens (tertiary/aromatic N) is 2. The van der Waals surface area contributed by atoms with E-state index in [4.69, 9.17) is 4.52 Å². The van der Waals surface area contributed by atoms with Gasteiger partial charge in [0.1, 0.15) is 17.4 Å². The SMILES string of the molecule is Cc1ccc(S(=O)(=O)Cc2noc(CCC(=O)Nc3cc(F)ccc3F)n2)cc1. The monoisotopic (exact) mass is 421 g/mol. The standard InChI is InChI=1S/C19H17F2N3O4S/c1-12-2-5-14(6-3-12)29(26,27)11-17-23-19(28-24-17)9-8-18(25)22-16-10-13(20)4-7-15(16)21/h2-7,10H,8-9,11H2,1H3,(H,22,25). The van der Waals surface area contributed by atoms with E-state index >= 15 is 0 Å². The van der Waals surface area contributed by atoms with Gasteiger partial charge in [0.2, 0.25) is 11.8 Å².